The first-order chi connectivity index (χ1) is 11.3. The minimum absolute atomic E-state index is 0.0601. The summed E-state index contributed by atoms with van der Waals surface area (Å²) in [5.41, 5.74) is 1.97. The highest BCUT2D eigenvalue weighted by Crippen LogP contribution is 2.41. The molecule has 2 atom stereocenters. The van der Waals surface area contributed by atoms with Crippen molar-refractivity contribution in [1.29, 1.82) is 0 Å². The van der Waals surface area contributed by atoms with Crippen molar-refractivity contribution in [1.82, 2.24) is 10.3 Å². The second-order valence-corrected chi connectivity index (χ2v) is 5.73. The van der Waals surface area contributed by atoms with Crippen molar-refractivity contribution in [2.45, 2.75) is 12.1 Å². The Morgan fingerprint density at radius 1 is 1.00 bits per heavy atom. The number of hydrogen-bond acceptors (Lipinski definition) is 3. The summed E-state index contributed by atoms with van der Waals surface area (Å²) in [5, 5.41) is 4.07. The molecular formula is C18H15N3OS. The van der Waals surface area contributed by atoms with Gasteiger partial charge >= 0.3 is 0 Å². The maximum absolute atomic E-state index is 5.70. The van der Waals surface area contributed by atoms with Crippen molar-refractivity contribution >= 4 is 23.0 Å². The normalized spacial score (nSPS) is 20.5. The largest absolute Gasteiger partial charge is 0.467 e. The molecule has 1 N–H and O–H groups in total. The molecule has 0 saturated carbocycles. The van der Waals surface area contributed by atoms with Crippen LogP contribution < -0.4 is 10.2 Å². The minimum Gasteiger partial charge on any atom is -0.467 e. The Morgan fingerprint density at radius 2 is 1.83 bits per heavy atom. The molecule has 5 heteroatoms. The zero-order valence-electron chi connectivity index (χ0n) is 12.3. The monoisotopic (exact) mass is 321 g/mol. The first-order valence-corrected chi connectivity index (χ1v) is 7.84. The Morgan fingerprint density at radius 3 is 2.52 bits per heavy atom. The standard InChI is InChI=1S/C18H15N3OS/c23-18-20-16(14-9-4-5-11-19-14)17(15-10-6-12-22-15)21(18)13-7-2-1-3-8-13/h1-12,16-17H,(H,20,23). The van der Waals surface area contributed by atoms with Crippen LogP contribution in [0.25, 0.3) is 0 Å². The quantitative estimate of drug-likeness (QED) is 0.742. The number of nitrogens with one attached hydrogen (secondary N) is 1. The number of pyridine rings is 1. The lowest BCUT2D eigenvalue weighted by molar-refractivity contribution is 0.432. The molecule has 3 aromatic rings. The van der Waals surface area contributed by atoms with Crippen molar-refractivity contribution in [2.75, 3.05) is 4.90 Å². The van der Waals surface area contributed by atoms with Gasteiger partial charge in [0.1, 0.15) is 11.8 Å². The average molecular weight is 321 g/mol. The molecule has 0 aliphatic carbocycles. The predicted octanol–water partition coefficient (Wildman–Crippen LogP) is 3.85. The van der Waals surface area contributed by atoms with Crippen LogP contribution in [0.1, 0.15) is 23.5 Å². The van der Waals surface area contributed by atoms with Crippen LogP contribution in [0.5, 0.6) is 0 Å². The fraction of sp³-hybridized carbons (Fsp3) is 0.111. The molecule has 23 heavy (non-hydrogen) atoms. The molecule has 1 aliphatic heterocycles. The van der Waals surface area contributed by atoms with Crippen LogP contribution in [0.2, 0.25) is 0 Å². The van der Waals surface area contributed by atoms with Crippen LogP contribution in [-0.2, 0) is 0 Å². The Hall–Kier alpha value is -2.66. The van der Waals surface area contributed by atoms with Crippen LogP contribution in [0.3, 0.4) is 0 Å². The first-order valence-electron chi connectivity index (χ1n) is 7.44. The first kappa shape index (κ1) is 14.0. The van der Waals surface area contributed by atoms with Gasteiger partial charge in [0, 0.05) is 11.9 Å². The molecule has 114 valence electrons. The van der Waals surface area contributed by atoms with Gasteiger partial charge in [-0.05, 0) is 48.6 Å². The number of anilines is 1. The SMILES string of the molecule is S=C1NC(c2ccccn2)C(c2ccco2)N1c1ccccc1. The summed E-state index contributed by atoms with van der Waals surface area (Å²) in [4.78, 5) is 6.58. The summed E-state index contributed by atoms with van der Waals surface area (Å²) in [5.74, 6) is 0.858. The van der Waals surface area contributed by atoms with Gasteiger partial charge < -0.3 is 14.6 Å². The van der Waals surface area contributed by atoms with E-state index < -0.39 is 0 Å². The minimum atomic E-state index is -0.0743. The number of rotatable bonds is 3. The Balaban J connectivity index is 1.81. The molecule has 1 fully saturated rings. The summed E-state index contributed by atoms with van der Waals surface area (Å²) in [6.45, 7) is 0. The molecule has 1 saturated heterocycles. The van der Waals surface area contributed by atoms with E-state index in [2.05, 4.69) is 15.2 Å². The fourth-order valence-electron chi connectivity index (χ4n) is 2.97. The van der Waals surface area contributed by atoms with Gasteiger partial charge in [0.2, 0.25) is 0 Å². The number of thiocarbonyl (C=S) groups is 1. The van der Waals surface area contributed by atoms with E-state index in [9.17, 15) is 0 Å². The van der Waals surface area contributed by atoms with E-state index in [1.165, 1.54) is 0 Å². The smallest absolute Gasteiger partial charge is 0.174 e. The summed E-state index contributed by atoms with van der Waals surface area (Å²) < 4.78 is 5.70. The van der Waals surface area contributed by atoms with Crippen LogP contribution in [0.15, 0.2) is 77.5 Å². The van der Waals surface area contributed by atoms with Gasteiger partial charge in [0.25, 0.3) is 0 Å². The molecule has 0 spiro atoms. The maximum atomic E-state index is 5.70. The van der Waals surface area contributed by atoms with E-state index in [1.54, 1.807) is 12.5 Å². The van der Waals surface area contributed by atoms with Crippen LogP contribution in [-0.4, -0.2) is 10.1 Å². The predicted molar refractivity (Wildman–Crippen MR) is 93.1 cm³/mol. The summed E-state index contributed by atoms with van der Waals surface area (Å²) in [6.07, 6.45) is 3.49. The van der Waals surface area contributed by atoms with E-state index in [-0.39, 0.29) is 12.1 Å². The Labute approximate surface area is 139 Å². The topological polar surface area (TPSA) is 41.3 Å². The number of hydrogen-bond donors (Lipinski definition) is 1. The molecule has 1 aliphatic rings. The van der Waals surface area contributed by atoms with Crippen molar-refractivity contribution in [3.63, 3.8) is 0 Å². The van der Waals surface area contributed by atoms with E-state index in [0.717, 1.165) is 17.1 Å². The Bertz CT molecular complexity index is 790. The lowest BCUT2D eigenvalue weighted by Gasteiger charge is -2.25. The highest BCUT2D eigenvalue weighted by molar-refractivity contribution is 7.80. The van der Waals surface area contributed by atoms with Gasteiger partial charge in [-0.15, -0.1) is 0 Å². The van der Waals surface area contributed by atoms with Gasteiger partial charge in [0.05, 0.1) is 18.0 Å². The number of benzene rings is 1. The lowest BCUT2D eigenvalue weighted by atomic mass is 10.0. The van der Waals surface area contributed by atoms with Crippen LogP contribution >= 0.6 is 12.2 Å². The summed E-state index contributed by atoms with van der Waals surface area (Å²) >= 11 is 5.60. The Kier molecular flexibility index (Phi) is 3.55. The maximum Gasteiger partial charge on any atom is 0.174 e. The molecule has 4 nitrogen and oxygen atoms in total. The van der Waals surface area contributed by atoms with E-state index >= 15 is 0 Å². The molecular weight excluding hydrogens is 306 g/mol. The second-order valence-electron chi connectivity index (χ2n) is 5.35. The van der Waals surface area contributed by atoms with Gasteiger partial charge in [0.15, 0.2) is 5.11 Å². The number of nitrogens with zero attached hydrogens (tertiary/aromatic N) is 2. The van der Waals surface area contributed by atoms with Gasteiger partial charge in [-0.2, -0.15) is 0 Å². The second kappa shape index (κ2) is 5.85. The molecule has 3 heterocycles. The van der Waals surface area contributed by atoms with Crippen LogP contribution in [0.4, 0.5) is 5.69 Å². The van der Waals surface area contributed by atoms with Crippen molar-refractivity contribution in [3.05, 3.63) is 84.6 Å². The van der Waals surface area contributed by atoms with E-state index in [4.69, 9.17) is 16.6 Å². The zero-order chi connectivity index (χ0) is 15.6. The molecule has 1 aromatic carbocycles. The van der Waals surface area contributed by atoms with Gasteiger partial charge in [-0.25, -0.2) is 0 Å². The number of furan rings is 1. The molecule has 0 amide bonds. The molecule has 4 rings (SSSR count). The highest BCUT2D eigenvalue weighted by Gasteiger charge is 2.42. The van der Waals surface area contributed by atoms with E-state index in [0.29, 0.717) is 5.11 Å². The van der Waals surface area contributed by atoms with Crippen molar-refractivity contribution in [2.24, 2.45) is 0 Å². The lowest BCUT2D eigenvalue weighted by Crippen LogP contribution is -2.29. The molecule has 0 radical (unpaired) electrons. The van der Waals surface area contributed by atoms with Gasteiger partial charge in [-0.1, -0.05) is 24.3 Å². The summed E-state index contributed by atoms with van der Waals surface area (Å²) in [6, 6.07) is 19.7. The fourth-order valence-corrected chi connectivity index (χ4v) is 3.32. The zero-order valence-corrected chi connectivity index (χ0v) is 13.1. The third-order valence-corrected chi connectivity index (χ3v) is 4.28. The summed E-state index contributed by atoms with van der Waals surface area (Å²) in [7, 11) is 0. The number of para-hydroxylation sites is 1. The third kappa shape index (κ3) is 2.49. The number of aromatic nitrogens is 1. The van der Waals surface area contributed by atoms with Crippen molar-refractivity contribution in [3.8, 4) is 0 Å². The highest BCUT2D eigenvalue weighted by atomic mass is 32.1. The molecule has 2 unspecified atom stereocenters. The molecule has 2 aromatic heterocycles. The van der Waals surface area contributed by atoms with Gasteiger partial charge in [-0.3, -0.25) is 4.98 Å². The van der Waals surface area contributed by atoms with Crippen LogP contribution in [0, 0.1) is 0 Å². The molecule has 0 bridgehead atoms. The van der Waals surface area contributed by atoms with Crippen molar-refractivity contribution < 1.29 is 4.42 Å². The average Bonchev–Trinajstić information content (AvgIpc) is 3.24. The van der Waals surface area contributed by atoms with E-state index in [1.807, 2.05) is 60.7 Å². The third-order valence-electron chi connectivity index (χ3n) is 3.97.